The molecule has 21 heavy (non-hydrogen) atoms. The van der Waals surface area contributed by atoms with E-state index in [1.54, 1.807) is 32.2 Å². The average Bonchev–Trinajstić information content (AvgIpc) is 2.48. The highest BCUT2D eigenvalue weighted by Gasteiger charge is 2.14. The van der Waals surface area contributed by atoms with Gasteiger partial charge in [0.15, 0.2) is 0 Å². The van der Waals surface area contributed by atoms with E-state index in [0.29, 0.717) is 49.7 Å². The topological polar surface area (TPSA) is 88.6 Å². The van der Waals surface area contributed by atoms with Crippen molar-refractivity contribution in [1.29, 1.82) is 5.26 Å². The number of methoxy groups -OCH3 is 1. The fourth-order valence-electron chi connectivity index (χ4n) is 1.90. The zero-order valence-corrected chi connectivity index (χ0v) is 12.5. The van der Waals surface area contributed by atoms with E-state index in [1.807, 2.05) is 4.90 Å². The third kappa shape index (κ3) is 4.97. The molecule has 0 aliphatic carbocycles. The summed E-state index contributed by atoms with van der Waals surface area (Å²) in [4.78, 5) is 13.7. The van der Waals surface area contributed by atoms with Crippen molar-refractivity contribution in [3.8, 4) is 6.07 Å². The Hall–Kier alpha value is -2.26. The zero-order chi connectivity index (χ0) is 15.7. The van der Waals surface area contributed by atoms with Gasteiger partial charge in [0, 0.05) is 20.2 Å². The van der Waals surface area contributed by atoms with E-state index in [1.165, 1.54) is 0 Å². The SMILES string of the molecule is CCOC(=O)c1ccc(N)c(N(CCC#N)CCOC)c1. The molecule has 114 valence electrons. The van der Waals surface area contributed by atoms with Crippen molar-refractivity contribution in [2.75, 3.05) is 44.0 Å². The number of carbonyl (C=O) groups is 1. The summed E-state index contributed by atoms with van der Waals surface area (Å²) in [5, 5.41) is 8.76. The summed E-state index contributed by atoms with van der Waals surface area (Å²) in [5.41, 5.74) is 7.70. The summed E-state index contributed by atoms with van der Waals surface area (Å²) in [7, 11) is 1.61. The van der Waals surface area contributed by atoms with Crippen LogP contribution < -0.4 is 10.6 Å². The van der Waals surface area contributed by atoms with Gasteiger partial charge in [0.25, 0.3) is 0 Å². The van der Waals surface area contributed by atoms with Gasteiger partial charge in [-0.1, -0.05) is 0 Å². The van der Waals surface area contributed by atoms with E-state index in [0.717, 1.165) is 0 Å². The third-order valence-corrected chi connectivity index (χ3v) is 2.94. The average molecular weight is 291 g/mol. The number of ether oxygens (including phenoxy) is 2. The lowest BCUT2D eigenvalue weighted by Gasteiger charge is -2.25. The minimum Gasteiger partial charge on any atom is -0.462 e. The van der Waals surface area contributed by atoms with Gasteiger partial charge in [0.2, 0.25) is 0 Å². The van der Waals surface area contributed by atoms with Crippen molar-refractivity contribution in [2.24, 2.45) is 0 Å². The van der Waals surface area contributed by atoms with Crippen LogP contribution in [0.4, 0.5) is 11.4 Å². The Labute approximate surface area is 125 Å². The molecule has 0 aliphatic heterocycles. The van der Waals surface area contributed by atoms with Gasteiger partial charge in [-0.25, -0.2) is 4.79 Å². The van der Waals surface area contributed by atoms with E-state index < -0.39 is 0 Å². The number of nitrogens with zero attached hydrogens (tertiary/aromatic N) is 2. The van der Waals surface area contributed by atoms with E-state index in [4.69, 9.17) is 20.5 Å². The van der Waals surface area contributed by atoms with E-state index in [-0.39, 0.29) is 5.97 Å². The molecule has 1 aromatic rings. The highest BCUT2D eigenvalue weighted by molar-refractivity contribution is 5.92. The van der Waals surface area contributed by atoms with Crippen LogP contribution in [0.2, 0.25) is 0 Å². The second kappa shape index (κ2) is 8.82. The van der Waals surface area contributed by atoms with E-state index in [9.17, 15) is 4.79 Å². The molecule has 0 unspecified atom stereocenters. The van der Waals surface area contributed by atoms with Crippen molar-refractivity contribution >= 4 is 17.3 Å². The van der Waals surface area contributed by atoms with Gasteiger partial charge in [-0.15, -0.1) is 0 Å². The lowest BCUT2D eigenvalue weighted by Crippen LogP contribution is -2.29. The highest BCUT2D eigenvalue weighted by atomic mass is 16.5. The lowest BCUT2D eigenvalue weighted by atomic mass is 10.1. The summed E-state index contributed by atoms with van der Waals surface area (Å²) >= 11 is 0. The Morgan fingerprint density at radius 2 is 2.19 bits per heavy atom. The lowest BCUT2D eigenvalue weighted by molar-refractivity contribution is 0.0526. The predicted molar refractivity (Wildman–Crippen MR) is 81.1 cm³/mol. The summed E-state index contributed by atoms with van der Waals surface area (Å²) in [6.07, 6.45) is 0.368. The number of esters is 1. The molecule has 1 rings (SSSR count). The first-order valence-electron chi connectivity index (χ1n) is 6.81. The Bertz CT molecular complexity index is 511. The molecule has 0 heterocycles. The third-order valence-electron chi connectivity index (χ3n) is 2.94. The summed E-state index contributed by atoms with van der Waals surface area (Å²) in [6.45, 7) is 3.70. The fourth-order valence-corrected chi connectivity index (χ4v) is 1.90. The van der Waals surface area contributed by atoms with Gasteiger partial charge in [-0.2, -0.15) is 5.26 Å². The number of benzene rings is 1. The first-order valence-corrected chi connectivity index (χ1v) is 6.81. The van der Waals surface area contributed by atoms with Crippen LogP contribution in [0.25, 0.3) is 0 Å². The molecule has 0 saturated heterocycles. The Kier molecular flexibility index (Phi) is 7.05. The maximum absolute atomic E-state index is 11.8. The standard InChI is InChI=1S/C15H21N3O3/c1-3-21-15(19)12-5-6-13(17)14(11-12)18(8-4-7-16)9-10-20-2/h5-6,11H,3-4,8-10,17H2,1-2H3. The molecule has 6 heteroatoms. The molecule has 0 fully saturated rings. The number of carbonyl (C=O) groups excluding carboxylic acids is 1. The number of anilines is 2. The molecule has 2 N–H and O–H groups in total. The van der Waals surface area contributed by atoms with Crippen LogP contribution in [0.5, 0.6) is 0 Å². The van der Waals surface area contributed by atoms with Gasteiger partial charge >= 0.3 is 5.97 Å². The molecule has 1 aromatic carbocycles. The van der Waals surface area contributed by atoms with Crippen molar-refractivity contribution in [1.82, 2.24) is 0 Å². The Balaban J connectivity index is 3.02. The number of hydrogen-bond donors (Lipinski definition) is 1. The zero-order valence-electron chi connectivity index (χ0n) is 12.5. The van der Waals surface area contributed by atoms with Crippen molar-refractivity contribution < 1.29 is 14.3 Å². The van der Waals surface area contributed by atoms with Crippen LogP contribution in [0.15, 0.2) is 18.2 Å². The van der Waals surface area contributed by atoms with Crippen LogP contribution in [-0.4, -0.2) is 39.4 Å². The van der Waals surface area contributed by atoms with E-state index in [2.05, 4.69) is 6.07 Å². The number of nitrogens with two attached hydrogens (primary N) is 1. The fraction of sp³-hybridized carbons (Fsp3) is 0.467. The second-order valence-electron chi connectivity index (χ2n) is 4.38. The minimum atomic E-state index is -0.384. The molecule has 0 aliphatic rings. The Morgan fingerprint density at radius 1 is 1.43 bits per heavy atom. The first-order chi connectivity index (χ1) is 10.1. The molecule has 0 amide bonds. The van der Waals surface area contributed by atoms with Crippen LogP contribution in [0, 0.1) is 11.3 Å². The quantitative estimate of drug-likeness (QED) is 0.580. The van der Waals surface area contributed by atoms with Gasteiger partial charge in [-0.3, -0.25) is 0 Å². The first kappa shape index (κ1) is 16.8. The molecular formula is C15H21N3O3. The molecule has 0 saturated carbocycles. The maximum Gasteiger partial charge on any atom is 0.338 e. The van der Waals surface area contributed by atoms with Crippen LogP contribution >= 0.6 is 0 Å². The summed E-state index contributed by atoms with van der Waals surface area (Å²) in [6, 6.07) is 7.11. The highest BCUT2D eigenvalue weighted by Crippen LogP contribution is 2.25. The molecule has 0 bridgehead atoms. The predicted octanol–water partition coefficient (Wildman–Crippen LogP) is 1.81. The molecule has 0 spiro atoms. The van der Waals surface area contributed by atoms with Crippen LogP contribution in [0.3, 0.4) is 0 Å². The van der Waals surface area contributed by atoms with Crippen molar-refractivity contribution in [3.05, 3.63) is 23.8 Å². The van der Waals surface area contributed by atoms with Gasteiger partial charge in [0.05, 0.1) is 42.6 Å². The van der Waals surface area contributed by atoms with E-state index >= 15 is 0 Å². The molecule has 6 nitrogen and oxygen atoms in total. The summed E-state index contributed by atoms with van der Waals surface area (Å²) in [5.74, 6) is -0.384. The maximum atomic E-state index is 11.8. The van der Waals surface area contributed by atoms with Crippen molar-refractivity contribution in [3.63, 3.8) is 0 Å². The smallest absolute Gasteiger partial charge is 0.338 e. The number of nitrogen functional groups attached to an aromatic ring is 1. The summed E-state index contributed by atoms with van der Waals surface area (Å²) < 4.78 is 10.1. The normalized spacial score (nSPS) is 9.95. The molecular weight excluding hydrogens is 270 g/mol. The Morgan fingerprint density at radius 3 is 2.81 bits per heavy atom. The largest absolute Gasteiger partial charge is 0.462 e. The van der Waals surface area contributed by atoms with Crippen LogP contribution in [-0.2, 0) is 9.47 Å². The minimum absolute atomic E-state index is 0.320. The second-order valence-corrected chi connectivity index (χ2v) is 4.38. The number of rotatable bonds is 8. The number of hydrogen-bond acceptors (Lipinski definition) is 6. The molecule has 0 aromatic heterocycles. The molecule has 0 radical (unpaired) electrons. The monoisotopic (exact) mass is 291 g/mol. The van der Waals surface area contributed by atoms with Gasteiger partial charge < -0.3 is 20.1 Å². The van der Waals surface area contributed by atoms with Crippen LogP contribution in [0.1, 0.15) is 23.7 Å². The van der Waals surface area contributed by atoms with Gasteiger partial charge in [0.1, 0.15) is 0 Å². The molecule has 0 atom stereocenters. The van der Waals surface area contributed by atoms with Crippen molar-refractivity contribution in [2.45, 2.75) is 13.3 Å². The number of nitriles is 1. The van der Waals surface area contributed by atoms with Gasteiger partial charge in [-0.05, 0) is 25.1 Å².